The lowest BCUT2D eigenvalue weighted by Gasteiger charge is -2.31. The number of amides is 1. The van der Waals surface area contributed by atoms with Crippen LogP contribution in [-0.2, 0) is 16.1 Å². The molecule has 7 nitrogen and oxygen atoms in total. The van der Waals surface area contributed by atoms with Gasteiger partial charge in [0.25, 0.3) is 0 Å². The maximum atomic E-state index is 12.8. The van der Waals surface area contributed by atoms with E-state index in [4.69, 9.17) is 9.72 Å². The zero-order chi connectivity index (χ0) is 23.4. The monoisotopic (exact) mass is 446 g/mol. The van der Waals surface area contributed by atoms with E-state index in [1.165, 1.54) is 0 Å². The Balaban J connectivity index is 1.47. The summed E-state index contributed by atoms with van der Waals surface area (Å²) < 4.78 is 5.35. The Morgan fingerprint density at radius 2 is 1.88 bits per heavy atom. The summed E-state index contributed by atoms with van der Waals surface area (Å²) in [6, 6.07) is 11.7. The first-order valence-corrected chi connectivity index (χ1v) is 11.5. The van der Waals surface area contributed by atoms with Crippen molar-refractivity contribution in [1.29, 1.82) is 0 Å². The Bertz CT molecular complexity index is 1170. The van der Waals surface area contributed by atoms with Gasteiger partial charge in [0.05, 0.1) is 23.4 Å². The molecule has 0 bridgehead atoms. The van der Waals surface area contributed by atoms with Crippen LogP contribution in [0.25, 0.3) is 10.9 Å². The summed E-state index contributed by atoms with van der Waals surface area (Å²) in [4.78, 5) is 36.9. The first-order chi connectivity index (χ1) is 16.0. The third-order valence-corrected chi connectivity index (χ3v) is 6.29. The van der Waals surface area contributed by atoms with Crippen molar-refractivity contribution in [3.8, 4) is 0 Å². The third kappa shape index (κ3) is 5.03. The SMILES string of the molecule is CCOC(=O)c1c(CN2CCC(C(=O)Nc3ncccc3C)CC2)nc2ccccc2c1C. The lowest BCUT2D eigenvalue weighted by atomic mass is 9.95. The highest BCUT2D eigenvalue weighted by Crippen LogP contribution is 2.27. The molecule has 4 rings (SSSR count). The number of esters is 1. The van der Waals surface area contributed by atoms with Crippen LogP contribution in [0.5, 0.6) is 0 Å². The van der Waals surface area contributed by atoms with E-state index in [1.54, 1.807) is 6.20 Å². The Labute approximate surface area is 194 Å². The van der Waals surface area contributed by atoms with Gasteiger partial charge in [-0.25, -0.2) is 9.78 Å². The van der Waals surface area contributed by atoms with Crippen LogP contribution in [0, 0.1) is 19.8 Å². The number of rotatable bonds is 6. The molecule has 1 amide bonds. The predicted octanol–water partition coefficient (Wildman–Crippen LogP) is 4.27. The Morgan fingerprint density at radius 3 is 2.61 bits per heavy atom. The molecule has 0 unspecified atom stereocenters. The van der Waals surface area contributed by atoms with Crippen molar-refractivity contribution in [1.82, 2.24) is 14.9 Å². The second-order valence-electron chi connectivity index (χ2n) is 8.50. The first-order valence-electron chi connectivity index (χ1n) is 11.5. The number of carbonyl (C=O) groups is 2. The standard InChI is InChI=1S/C26H30N4O3/c1-4-33-26(32)23-18(3)20-9-5-6-10-21(20)28-22(23)16-30-14-11-19(12-15-30)25(31)29-24-17(2)8-7-13-27-24/h5-10,13,19H,4,11-12,14-16H2,1-3H3,(H,27,29,31). The number of pyridine rings is 2. The number of aromatic nitrogens is 2. The number of piperidine rings is 1. The van der Waals surface area contributed by atoms with Crippen LogP contribution in [0.15, 0.2) is 42.6 Å². The number of fused-ring (bicyclic) bond motifs is 1. The van der Waals surface area contributed by atoms with Gasteiger partial charge in [-0.05, 0) is 70.0 Å². The normalized spacial score (nSPS) is 14.9. The number of hydrogen-bond acceptors (Lipinski definition) is 6. The fourth-order valence-corrected chi connectivity index (χ4v) is 4.43. The van der Waals surface area contributed by atoms with Gasteiger partial charge in [-0.2, -0.15) is 0 Å². The molecular formula is C26H30N4O3. The highest BCUT2D eigenvalue weighted by Gasteiger charge is 2.28. The molecule has 1 N–H and O–H groups in total. The Kier molecular flexibility index (Phi) is 6.99. The maximum Gasteiger partial charge on any atom is 0.340 e. The van der Waals surface area contributed by atoms with E-state index in [2.05, 4.69) is 15.2 Å². The fourth-order valence-electron chi connectivity index (χ4n) is 4.43. The average Bonchev–Trinajstić information content (AvgIpc) is 2.81. The van der Waals surface area contributed by atoms with E-state index in [9.17, 15) is 9.59 Å². The number of carbonyl (C=O) groups excluding carboxylic acids is 2. The molecule has 1 saturated heterocycles. The van der Waals surface area contributed by atoms with E-state index in [-0.39, 0.29) is 17.8 Å². The van der Waals surface area contributed by atoms with Gasteiger partial charge < -0.3 is 10.1 Å². The van der Waals surface area contributed by atoms with Gasteiger partial charge in [0.2, 0.25) is 5.91 Å². The molecule has 3 heterocycles. The molecule has 1 fully saturated rings. The van der Waals surface area contributed by atoms with Gasteiger partial charge in [0.1, 0.15) is 5.82 Å². The number of nitrogens with zero attached hydrogens (tertiary/aromatic N) is 3. The van der Waals surface area contributed by atoms with Crippen LogP contribution < -0.4 is 5.32 Å². The average molecular weight is 447 g/mol. The van der Waals surface area contributed by atoms with E-state index in [1.807, 2.05) is 57.2 Å². The lowest BCUT2D eigenvalue weighted by Crippen LogP contribution is -2.38. The summed E-state index contributed by atoms with van der Waals surface area (Å²) in [5, 5.41) is 3.93. The number of aryl methyl sites for hydroxylation is 2. The number of benzene rings is 1. The second-order valence-corrected chi connectivity index (χ2v) is 8.50. The van der Waals surface area contributed by atoms with Crippen LogP contribution in [0.1, 0.15) is 46.9 Å². The summed E-state index contributed by atoms with van der Waals surface area (Å²) in [5.74, 6) is 0.255. The van der Waals surface area contributed by atoms with Crippen molar-refractivity contribution in [2.24, 2.45) is 5.92 Å². The van der Waals surface area contributed by atoms with Gasteiger partial charge in [-0.3, -0.25) is 14.7 Å². The molecule has 1 aromatic carbocycles. The Morgan fingerprint density at radius 1 is 1.12 bits per heavy atom. The summed E-state index contributed by atoms with van der Waals surface area (Å²) in [5.41, 5.74) is 4.01. The highest BCUT2D eigenvalue weighted by atomic mass is 16.5. The maximum absolute atomic E-state index is 12.8. The molecule has 0 spiro atoms. The summed E-state index contributed by atoms with van der Waals surface area (Å²) >= 11 is 0. The summed E-state index contributed by atoms with van der Waals surface area (Å²) in [6.07, 6.45) is 3.18. The molecule has 33 heavy (non-hydrogen) atoms. The molecule has 3 aromatic rings. The number of hydrogen-bond donors (Lipinski definition) is 1. The van der Waals surface area contributed by atoms with Crippen molar-refractivity contribution in [3.63, 3.8) is 0 Å². The van der Waals surface area contributed by atoms with Crippen molar-refractivity contribution in [3.05, 3.63) is 65.0 Å². The minimum atomic E-state index is -0.330. The fraction of sp³-hybridized carbons (Fsp3) is 0.385. The van der Waals surface area contributed by atoms with Crippen LogP contribution >= 0.6 is 0 Å². The molecule has 1 aliphatic rings. The summed E-state index contributed by atoms with van der Waals surface area (Å²) in [7, 11) is 0. The quantitative estimate of drug-likeness (QED) is 0.569. The zero-order valence-corrected chi connectivity index (χ0v) is 19.4. The van der Waals surface area contributed by atoms with Crippen molar-refractivity contribution >= 4 is 28.6 Å². The van der Waals surface area contributed by atoms with Gasteiger partial charge in [-0.1, -0.05) is 24.3 Å². The largest absolute Gasteiger partial charge is 0.462 e. The van der Waals surface area contributed by atoms with E-state index >= 15 is 0 Å². The van der Waals surface area contributed by atoms with Gasteiger partial charge >= 0.3 is 5.97 Å². The number of anilines is 1. The van der Waals surface area contributed by atoms with Crippen molar-refractivity contribution in [2.75, 3.05) is 25.0 Å². The second kappa shape index (κ2) is 10.1. The minimum absolute atomic E-state index is 0.0170. The van der Waals surface area contributed by atoms with Crippen LogP contribution in [0.3, 0.4) is 0 Å². The molecular weight excluding hydrogens is 416 g/mol. The molecule has 0 radical (unpaired) electrons. The topological polar surface area (TPSA) is 84.4 Å². The number of likely N-dealkylation sites (tertiary alicyclic amines) is 1. The minimum Gasteiger partial charge on any atom is -0.462 e. The van der Waals surface area contributed by atoms with Crippen LogP contribution in [-0.4, -0.2) is 46.4 Å². The highest BCUT2D eigenvalue weighted by molar-refractivity contribution is 5.98. The van der Waals surface area contributed by atoms with Gasteiger partial charge in [-0.15, -0.1) is 0 Å². The van der Waals surface area contributed by atoms with Gasteiger partial charge in [0, 0.05) is 24.0 Å². The summed E-state index contributed by atoms with van der Waals surface area (Å²) in [6.45, 7) is 8.09. The predicted molar refractivity (Wildman–Crippen MR) is 128 cm³/mol. The number of para-hydroxylation sites is 1. The molecule has 1 aliphatic heterocycles. The van der Waals surface area contributed by atoms with Crippen molar-refractivity contribution < 1.29 is 14.3 Å². The van der Waals surface area contributed by atoms with E-state index < -0.39 is 0 Å². The lowest BCUT2D eigenvalue weighted by molar-refractivity contribution is -0.121. The number of ether oxygens (including phenoxy) is 1. The van der Waals surface area contributed by atoms with Gasteiger partial charge in [0.15, 0.2) is 0 Å². The smallest absolute Gasteiger partial charge is 0.340 e. The van der Waals surface area contributed by atoms with Crippen molar-refractivity contribution in [2.45, 2.75) is 40.2 Å². The molecule has 0 aliphatic carbocycles. The molecule has 172 valence electrons. The molecule has 7 heteroatoms. The zero-order valence-electron chi connectivity index (χ0n) is 19.4. The van der Waals surface area contributed by atoms with Crippen LogP contribution in [0.4, 0.5) is 5.82 Å². The molecule has 2 aromatic heterocycles. The number of nitrogens with one attached hydrogen (secondary N) is 1. The molecule has 0 saturated carbocycles. The van der Waals surface area contributed by atoms with E-state index in [0.29, 0.717) is 24.5 Å². The Hall–Kier alpha value is -3.32. The first kappa shape index (κ1) is 22.9. The molecule has 0 atom stereocenters. The third-order valence-electron chi connectivity index (χ3n) is 6.29. The van der Waals surface area contributed by atoms with Crippen LogP contribution in [0.2, 0.25) is 0 Å². The van der Waals surface area contributed by atoms with E-state index in [0.717, 1.165) is 53.7 Å².